The number of nitrogens with zero attached hydrogens (tertiary/aromatic N) is 2. The molecule has 0 aliphatic carbocycles. The lowest BCUT2D eigenvalue weighted by molar-refractivity contribution is 0.618. The highest BCUT2D eigenvalue weighted by Crippen LogP contribution is 2.26. The molecule has 0 amide bonds. The zero-order valence-corrected chi connectivity index (χ0v) is 14.4. The van der Waals surface area contributed by atoms with Crippen molar-refractivity contribution < 1.29 is 0 Å². The summed E-state index contributed by atoms with van der Waals surface area (Å²) in [6.07, 6.45) is 3.85. The lowest BCUT2D eigenvalue weighted by atomic mass is 10.0. The molecule has 0 aliphatic rings. The molecular formula is C20H25N3. The highest BCUT2D eigenvalue weighted by Gasteiger charge is 2.14. The predicted octanol–water partition coefficient (Wildman–Crippen LogP) is 5.02. The topological polar surface area (TPSA) is 41.6 Å². The van der Waals surface area contributed by atoms with Gasteiger partial charge in [-0.1, -0.05) is 45.9 Å². The van der Waals surface area contributed by atoms with E-state index in [1.165, 1.54) is 5.39 Å². The minimum Gasteiger partial charge on any atom is -0.353 e. The summed E-state index contributed by atoms with van der Waals surface area (Å²) >= 11 is 0. The van der Waals surface area contributed by atoms with E-state index in [1.54, 1.807) is 0 Å². The Bertz CT molecular complexity index is 767. The van der Waals surface area contributed by atoms with Crippen LogP contribution in [0.4, 0.5) is 0 Å². The molecule has 0 aliphatic heterocycles. The molecular weight excluding hydrogens is 282 g/mol. The first kappa shape index (κ1) is 15.7. The Morgan fingerprint density at radius 2 is 1.74 bits per heavy atom. The third-order valence-electron chi connectivity index (χ3n) is 3.90. The maximum atomic E-state index is 4.94. The van der Waals surface area contributed by atoms with E-state index in [0.29, 0.717) is 11.8 Å². The van der Waals surface area contributed by atoms with Crippen molar-refractivity contribution in [3.05, 3.63) is 47.9 Å². The van der Waals surface area contributed by atoms with Gasteiger partial charge in [0.05, 0.1) is 17.1 Å². The van der Waals surface area contributed by atoms with Gasteiger partial charge in [0, 0.05) is 17.1 Å². The van der Waals surface area contributed by atoms with Crippen LogP contribution in [-0.4, -0.2) is 15.0 Å². The molecule has 0 radical (unpaired) electrons. The SMILES string of the molecule is CC(C)Cc1cnc(CC(C)C)c(-c2cc3ccccc3[nH]2)n1. The summed E-state index contributed by atoms with van der Waals surface area (Å²) in [6.45, 7) is 8.87. The van der Waals surface area contributed by atoms with Gasteiger partial charge >= 0.3 is 0 Å². The molecule has 0 unspecified atom stereocenters. The van der Waals surface area contributed by atoms with Crippen LogP contribution in [-0.2, 0) is 12.8 Å². The third-order valence-corrected chi connectivity index (χ3v) is 3.90. The quantitative estimate of drug-likeness (QED) is 0.719. The molecule has 0 fully saturated rings. The lowest BCUT2D eigenvalue weighted by Crippen LogP contribution is -2.06. The first-order valence-corrected chi connectivity index (χ1v) is 8.46. The second-order valence-corrected chi connectivity index (χ2v) is 7.12. The standard InChI is InChI=1S/C20H25N3/c1-13(2)9-16-12-21-18(10-14(3)4)20(22-16)19-11-15-7-5-6-8-17(15)23-19/h5-8,11-14,23H,9-10H2,1-4H3. The molecule has 3 rings (SSSR count). The van der Waals surface area contributed by atoms with Gasteiger partial charge in [0.2, 0.25) is 0 Å². The normalized spacial score (nSPS) is 11.7. The minimum absolute atomic E-state index is 0.559. The van der Waals surface area contributed by atoms with Crippen LogP contribution in [0.1, 0.15) is 39.1 Å². The molecule has 2 aromatic heterocycles. The molecule has 0 bridgehead atoms. The van der Waals surface area contributed by atoms with Crippen molar-refractivity contribution in [2.24, 2.45) is 11.8 Å². The summed E-state index contributed by atoms with van der Waals surface area (Å²) in [7, 11) is 0. The van der Waals surface area contributed by atoms with Crippen LogP contribution < -0.4 is 0 Å². The minimum atomic E-state index is 0.559. The average molecular weight is 307 g/mol. The van der Waals surface area contributed by atoms with Gasteiger partial charge in [-0.3, -0.25) is 4.98 Å². The molecule has 2 heterocycles. The number of hydrogen-bond acceptors (Lipinski definition) is 2. The van der Waals surface area contributed by atoms with Crippen molar-refractivity contribution in [3.63, 3.8) is 0 Å². The van der Waals surface area contributed by atoms with Crippen LogP contribution in [0.5, 0.6) is 0 Å². The Morgan fingerprint density at radius 1 is 1.00 bits per heavy atom. The number of nitrogens with one attached hydrogen (secondary N) is 1. The van der Waals surface area contributed by atoms with Crippen molar-refractivity contribution in [3.8, 4) is 11.4 Å². The van der Waals surface area contributed by atoms with Gasteiger partial charge in [0.1, 0.15) is 5.69 Å². The number of H-pyrrole nitrogens is 1. The van der Waals surface area contributed by atoms with Gasteiger partial charge in [-0.05, 0) is 36.8 Å². The van der Waals surface area contributed by atoms with Crippen LogP contribution in [0.25, 0.3) is 22.3 Å². The van der Waals surface area contributed by atoms with Crippen molar-refractivity contribution >= 4 is 10.9 Å². The molecule has 3 heteroatoms. The van der Waals surface area contributed by atoms with E-state index in [-0.39, 0.29) is 0 Å². The van der Waals surface area contributed by atoms with Crippen molar-refractivity contribution in [1.29, 1.82) is 0 Å². The highest BCUT2D eigenvalue weighted by molar-refractivity contribution is 5.85. The Kier molecular flexibility index (Phi) is 4.46. The summed E-state index contributed by atoms with van der Waals surface area (Å²) in [5.41, 5.74) is 5.38. The Balaban J connectivity index is 2.09. The molecule has 120 valence electrons. The number of fused-ring (bicyclic) bond motifs is 1. The van der Waals surface area contributed by atoms with Crippen molar-refractivity contribution in [2.45, 2.75) is 40.5 Å². The first-order valence-electron chi connectivity index (χ1n) is 8.46. The van der Waals surface area contributed by atoms with Crippen LogP contribution in [0.2, 0.25) is 0 Å². The molecule has 0 atom stereocenters. The van der Waals surface area contributed by atoms with Crippen molar-refractivity contribution in [2.75, 3.05) is 0 Å². The fourth-order valence-corrected chi connectivity index (χ4v) is 2.92. The number of benzene rings is 1. The zero-order valence-electron chi connectivity index (χ0n) is 14.4. The summed E-state index contributed by atoms with van der Waals surface area (Å²) < 4.78 is 0. The number of rotatable bonds is 5. The molecule has 3 nitrogen and oxygen atoms in total. The Hall–Kier alpha value is -2.16. The number of hydrogen-bond donors (Lipinski definition) is 1. The zero-order chi connectivity index (χ0) is 16.4. The van der Waals surface area contributed by atoms with E-state index in [4.69, 9.17) is 9.97 Å². The van der Waals surface area contributed by atoms with Gasteiger partial charge in [0.25, 0.3) is 0 Å². The molecule has 0 saturated carbocycles. The molecule has 0 saturated heterocycles. The van der Waals surface area contributed by atoms with Gasteiger partial charge in [0.15, 0.2) is 0 Å². The highest BCUT2D eigenvalue weighted by atomic mass is 14.9. The van der Waals surface area contributed by atoms with Crippen LogP contribution >= 0.6 is 0 Å². The van der Waals surface area contributed by atoms with Crippen LogP contribution in [0.15, 0.2) is 36.5 Å². The fraction of sp³-hybridized carbons (Fsp3) is 0.400. The van der Waals surface area contributed by atoms with E-state index < -0.39 is 0 Å². The Labute approximate surface area is 138 Å². The summed E-state index contributed by atoms with van der Waals surface area (Å²) in [5.74, 6) is 1.14. The molecule has 1 N–H and O–H groups in total. The number of aromatic nitrogens is 3. The number of para-hydroxylation sites is 1. The number of aromatic amines is 1. The second kappa shape index (κ2) is 6.53. The largest absolute Gasteiger partial charge is 0.353 e. The Morgan fingerprint density at radius 3 is 2.43 bits per heavy atom. The predicted molar refractivity (Wildman–Crippen MR) is 96.4 cm³/mol. The molecule has 3 aromatic rings. The molecule has 1 aromatic carbocycles. The maximum Gasteiger partial charge on any atom is 0.108 e. The summed E-state index contributed by atoms with van der Waals surface area (Å²) in [6, 6.07) is 10.5. The average Bonchev–Trinajstić information content (AvgIpc) is 2.91. The van der Waals surface area contributed by atoms with Gasteiger partial charge in [-0.15, -0.1) is 0 Å². The monoisotopic (exact) mass is 307 g/mol. The summed E-state index contributed by atoms with van der Waals surface area (Å²) in [4.78, 5) is 13.2. The van der Waals surface area contributed by atoms with E-state index in [2.05, 4.69) is 63.0 Å². The van der Waals surface area contributed by atoms with E-state index in [1.807, 2.05) is 6.20 Å². The van der Waals surface area contributed by atoms with Crippen LogP contribution in [0.3, 0.4) is 0 Å². The smallest absolute Gasteiger partial charge is 0.108 e. The van der Waals surface area contributed by atoms with Crippen molar-refractivity contribution in [1.82, 2.24) is 15.0 Å². The van der Waals surface area contributed by atoms with Gasteiger partial charge in [-0.25, -0.2) is 4.98 Å². The van der Waals surface area contributed by atoms with Gasteiger partial charge < -0.3 is 4.98 Å². The van der Waals surface area contributed by atoms with E-state index in [9.17, 15) is 0 Å². The van der Waals surface area contributed by atoms with E-state index in [0.717, 1.165) is 41.1 Å². The molecule has 0 spiro atoms. The van der Waals surface area contributed by atoms with E-state index >= 15 is 0 Å². The molecule has 23 heavy (non-hydrogen) atoms. The fourth-order valence-electron chi connectivity index (χ4n) is 2.92. The second-order valence-electron chi connectivity index (χ2n) is 7.12. The van der Waals surface area contributed by atoms with Crippen LogP contribution in [0, 0.1) is 11.8 Å². The third kappa shape index (κ3) is 3.61. The van der Waals surface area contributed by atoms with Gasteiger partial charge in [-0.2, -0.15) is 0 Å². The lowest BCUT2D eigenvalue weighted by Gasteiger charge is -2.12. The summed E-state index contributed by atoms with van der Waals surface area (Å²) in [5, 5.41) is 1.22. The first-order chi connectivity index (χ1) is 11.0. The maximum absolute atomic E-state index is 4.94.